The number of aryl methyl sites for hydroxylation is 1. The Morgan fingerprint density at radius 3 is 3.04 bits per heavy atom. The highest BCUT2D eigenvalue weighted by atomic mass is 16.5. The molecule has 0 radical (unpaired) electrons. The summed E-state index contributed by atoms with van der Waals surface area (Å²) in [5.41, 5.74) is 1.19. The number of hydrogen-bond donors (Lipinski definition) is 1. The molecule has 0 aliphatic carbocycles. The van der Waals surface area contributed by atoms with Crippen molar-refractivity contribution >= 4 is 5.96 Å². The number of aliphatic imine (C=N–C) groups is 1. The average Bonchev–Trinajstić information content (AvgIpc) is 3.17. The summed E-state index contributed by atoms with van der Waals surface area (Å²) in [6.45, 7) is 7.85. The van der Waals surface area contributed by atoms with E-state index in [-0.39, 0.29) is 0 Å². The second-order valence-electron chi connectivity index (χ2n) is 5.92. The van der Waals surface area contributed by atoms with Crippen LogP contribution in [0, 0.1) is 12.8 Å². The molecule has 1 atom stereocenters. The highest BCUT2D eigenvalue weighted by molar-refractivity contribution is 5.80. The third-order valence-electron chi connectivity index (χ3n) is 3.97. The predicted octanol–water partition coefficient (Wildman–Crippen LogP) is 0.752. The van der Waals surface area contributed by atoms with Gasteiger partial charge in [0.2, 0.25) is 0 Å². The minimum absolute atomic E-state index is 0.569. The van der Waals surface area contributed by atoms with Gasteiger partial charge in [0.15, 0.2) is 5.96 Å². The molecule has 1 aliphatic rings. The van der Waals surface area contributed by atoms with E-state index < -0.39 is 0 Å². The molecule has 1 saturated heterocycles. The molecule has 0 aromatic carbocycles. The number of ether oxygens (including phenoxy) is 2. The maximum atomic E-state index is 5.64. The van der Waals surface area contributed by atoms with Crippen LogP contribution in [0.4, 0.5) is 0 Å². The normalized spacial score (nSPS) is 18.7. The topological polar surface area (TPSA) is 63.9 Å². The predicted molar refractivity (Wildman–Crippen MR) is 90.7 cm³/mol. The van der Waals surface area contributed by atoms with Crippen molar-refractivity contribution in [2.24, 2.45) is 10.9 Å². The Kier molecular flexibility index (Phi) is 7.35. The molecule has 1 unspecified atom stereocenters. The van der Waals surface area contributed by atoms with E-state index in [2.05, 4.69) is 27.2 Å². The van der Waals surface area contributed by atoms with E-state index in [1.807, 2.05) is 24.1 Å². The second-order valence-corrected chi connectivity index (χ2v) is 5.92. The van der Waals surface area contributed by atoms with Crippen LogP contribution >= 0.6 is 0 Å². The molecule has 1 aliphatic heterocycles. The zero-order valence-corrected chi connectivity index (χ0v) is 14.5. The van der Waals surface area contributed by atoms with Crippen molar-refractivity contribution in [3.8, 4) is 0 Å². The molecule has 2 rings (SSSR count). The third kappa shape index (κ3) is 5.84. The summed E-state index contributed by atoms with van der Waals surface area (Å²) in [7, 11) is 3.53. The van der Waals surface area contributed by atoms with E-state index in [1.165, 1.54) is 5.56 Å². The molecule has 0 amide bonds. The number of aromatic nitrogens is 2. The summed E-state index contributed by atoms with van der Waals surface area (Å²) in [6, 6.07) is 0. The lowest BCUT2D eigenvalue weighted by atomic mass is 10.1. The zero-order valence-electron chi connectivity index (χ0n) is 14.5. The number of likely N-dealkylation sites (tertiary alicyclic amines) is 1. The van der Waals surface area contributed by atoms with Crippen molar-refractivity contribution in [3.63, 3.8) is 0 Å². The van der Waals surface area contributed by atoms with E-state index in [1.54, 1.807) is 7.11 Å². The van der Waals surface area contributed by atoms with Crippen molar-refractivity contribution in [1.82, 2.24) is 20.0 Å². The van der Waals surface area contributed by atoms with Gasteiger partial charge >= 0.3 is 0 Å². The number of methoxy groups -OCH3 is 1. The van der Waals surface area contributed by atoms with Crippen LogP contribution in [0.15, 0.2) is 17.4 Å². The van der Waals surface area contributed by atoms with Crippen molar-refractivity contribution in [1.29, 1.82) is 0 Å². The van der Waals surface area contributed by atoms with Crippen molar-refractivity contribution in [3.05, 3.63) is 18.0 Å². The molecule has 1 fully saturated rings. The van der Waals surface area contributed by atoms with E-state index in [4.69, 9.17) is 9.47 Å². The van der Waals surface area contributed by atoms with Gasteiger partial charge < -0.3 is 19.7 Å². The number of rotatable bonds is 8. The van der Waals surface area contributed by atoms with Gasteiger partial charge in [0, 0.05) is 45.9 Å². The van der Waals surface area contributed by atoms with Gasteiger partial charge in [-0.05, 0) is 18.9 Å². The summed E-state index contributed by atoms with van der Waals surface area (Å²) in [5, 5.41) is 7.71. The van der Waals surface area contributed by atoms with Gasteiger partial charge in [-0.15, -0.1) is 0 Å². The number of hydrogen-bond acceptors (Lipinski definition) is 4. The van der Waals surface area contributed by atoms with Gasteiger partial charge in [0.25, 0.3) is 0 Å². The van der Waals surface area contributed by atoms with Crippen LogP contribution in [0.5, 0.6) is 0 Å². The van der Waals surface area contributed by atoms with Gasteiger partial charge in [-0.25, -0.2) is 0 Å². The monoisotopic (exact) mass is 323 g/mol. The molecular formula is C16H29N5O2. The van der Waals surface area contributed by atoms with Gasteiger partial charge in [0.1, 0.15) is 0 Å². The van der Waals surface area contributed by atoms with Gasteiger partial charge in [-0.3, -0.25) is 9.67 Å². The molecule has 7 heteroatoms. The largest absolute Gasteiger partial charge is 0.382 e. The Morgan fingerprint density at radius 1 is 1.48 bits per heavy atom. The Labute approximate surface area is 138 Å². The van der Waals surface area contributed by atoms with Crippen LogP contribution in [0.2, 0.25) is 0 Å². The smallest absolute Gasteiger partial charge is 0.193 e. The summed E-state index contributed by atoms with van der Waals surface area (Å²) < 4.78 is 12.6. The van der Waals surface area contributed by atoms with Crippen LogP contribution in [-0.4, -0.2) is 74.3 Å². The molecule has 1 aromatic heterocycles. The minimum atomic E-state index is 0.569. The highest BCUT2D eigenvalue weighted by Crippen LogP contribution is 2.16. The van der Waals surface area contributed by atoms with Gasteiger partial charge in [0.05, 0.1) is 32.6 Å². The fourth-order valence-electron chi connectivity index (χ4n) is 2.76. The molecule has 0 spiro atoms. The third-order valence-corrected chi connectivity index (χ3v) is 3.97. The molecule has 2 heterocycles. The fraction of sp³-hybridized carbons (Fsp3) is 0.750. The van der Waals surface area contributed by atoms with Crippen molar-refractivity contribution < 1.29 is 9.47 Å². The molecule has 130 valence electrons. The van der Waals surface area contributed by atoms with E-state index >= 15 is 0 Å². The summed E-state index contributed by atoms with van der Waals surface area (Å²) in [6.07, 6.45) is 5.07. The first kappa shape index (κ1) is 17.7. The van der Waals surface area contributed by atoms with Crippen LogP contribution in [-0.2, 0) is 16.0 Å². The van der Waals surface area contributed by atoms with E-state index in [0.717, 1.165) is 45.2 Å². The first-order valence-corrected chi connectivity index (χ1v) is 8.24. The standard InChI is InChI=1S/C16H29N5O2/c1-14-10-19-21(11-14)7-5-18-16(17-2)20-6-4-15(12-20)13-23-9-8-22-3/h10-11,15H,4-9,12-13H2,1-3H3,(H,17,18). The lowest BCUT2D eigenvalue weighted by molar-refractivity contribution is 0.0536. The zero-order chi connectivity index (χ0) is 16.5. The van der Waals surface area contributed by atoms with Crippen molar-refractivity contribution in [2.75, 3.05) is 53.6 Å². The van der Waals surface area contributed by atoms with Gasteiger partial charge in [-0.2, -0.15) is 5.10 Å². The summed E-state index contributed by atoms with van der Waals surface area (Å²) in [4.78, 5) is 6.70. The quantitative estimate of drug-likeness (QED) is 0.434. The van der Waals surface area contributed by atoms with Crippen LogP contribution in [0.25, 0.3) is 0 Å². The molecule has 7 nitrogen and oxygen atoms in total. The molecular weight excluding hydrogens is 294 g/mol. The average molecular weight is 323 g/mol. The Hall–Kier alpha value is -1.60. The lowest BCUT2D eigenvalue weighted by Gasteiger charge is -2.21. The molecule has 0 bridgehead atoms. The Morgan fingerprint density at radius 2 is 2.35 bits per heavy atom. The van der Waals surface area contributed by atoms with Crippen LogP contribution in [0.3, 0.4) is 0 Å². The molecule has 1 aromatic rings. The Bertz CT molecular complexity index is 489. The maximum absolute atomic E-state index is 5.64. The molecule has 23 heavy (non-hydrogen) atoms. The first-order valence-electron chi connectivity index (χ1n) is 8.24. The molecule has 1 N–H and O–H groups in total. The SMILES string of the molecule is CN=C(NCCn1cc(C)cn1)N1CCC(COCCOC)C1. The highest BCUT2D eigenvalue weighted by Gasteiger charge is 2.24. The molecule has 0 saturated carbocycles. The number of nitrogens with one attached hydrogen (secondary N) is 1. The van der Waals surface area contributed by atoms with Crippen LogP contribution in [0.1, 0.15) is 12.0 Å². The number of nitrogens with zero attached hydrogens (tertiary/aromatic N) is 4. The lowest BCUT2D eigenvalue weighted by Crippen LogP contribution is -2.41. The van der Waals surface area contributed by atoms with E-state index in [0.29, 0.717) is 19.1 Å². The van der Waals surface area contributed by atoms with Gasteiger partial charge in [-0.1, -0.05) is 0 Å². The fourth-order valence-corrected chi connectivity index (χ4v) is 2.76. The Balaban J connectivity index is 1.67. The maximum Gasteiger partial charge on any atom is 0.193 e. The second kappa shape index (κ2) is 9.52. The summed E-state index contributed by atoms with van der Waals surface area (Å²) in [5.74, 6) is 1.53. The minimum Gasteiger partial charge on any atom is -0.382 e. The van der Waals surface area contributed by atoms with E-state index in [9.17, 15) is 0 Å². The first-order chi connectivity index (χ1) is 11.2. The van der Waals surface area contributed by atoms with Crippen molar-refractivity contribution in [2.45, 2.75) is 19.9 Å². The van der Waals surface area contributed by atoms with Crippen LogP contribution < -0.4 is 5.32 Å². The summed E-state index contributed by atoms with van der Waals surface area (Å²) >= 11 is 0. The number of guanidine groups is 1.